The van der Waals surface area contributed by atoms with E-state index in [1.807, 2.05) is 41.3 Å². The van der Waals surface area contributed by atoms with Gasteiger partial charge in [-0.1, -0.05) is 25.1 Å². The maximum Gasteiger partial charge on any atom is 0.254 e. The van der Waals surface area contributed by atoms with Crippen molar-refractivity contribution in [2.45, 2.75) is 19.4 Å². The van der Waals surface area contributed by atoms with Gasteiger partial charge < -0.3 is 19.9 Å². The number of methoxy groups -OCH3 is 1. The number of carbonyl (C=O) groups is 1. The Morgan fingerprint density at radius 1 is 1.25 bits per heavy atom. The van der Waals surface area contributed by atoms with Crippen molar-refractivity contribution in [2.75, 3.05) is 44.7 Å². The molecule has 1 aromatic heterocycles. The minimum atomic E-state index is -0.0548. The first kappa shape index (κ1) is 18.7. The summed E-state index contributed by atoms with van der Waals surface area (Å²) in [6, 6.07) is 11.7. The maximum atomic E-state index is 13.4. The van der Waals surface area contributed by atoms with E-state index < -0.39 is 0 Å². The van der Waals surface area contributed by atoms with E-state index in [0.29, 0.717) is 24.6 Å². The fourth-order valence-electron chi connectivity index (χ4n) is 4.20. The molecule has 0 spiro atoms. The molecular formula is C22H28N4O2. The Hall–Kier alpha value is -2.60. The summed E-state index contributed by atoms with van der Waals surface area (Å²) in [6.07, 6.45) is 2.93. The van der Waals surface area contributed by atoms with Crippen LogP contribution in [0.1, 0.15) is 35.3 Å². The first-order valence-electron chi connectivity index (χ1n) is 10.0. The van der Waals surface area contributed by atoms with Crippen LogP contribution in [-0.4, -0.2) is 55.6 Å². The molecule has 4 rings (SSSR count). The molecule has 28 heavy (non-hydrogen) atoms. The number of benzene rings is 1. The van der Waals surface area contributed by atoms with Crippen LogP contribution in [0.25, 0.3) is 0 Å². The van der Waals surface area contributed by atoms with Crippen LogP contribution >= 0.6 is 0 Å². The van der Waals surface area contributed by atoms with E-state index in [1.165, 1.54) is 6.42 Å². The van der Waals surface area contributed by atoms with E-state index in [9.17, 15) is 4.79 Å². The van der Waals surface area contributed by atoms with Crippen molar-refractivity contribution in [3.8, 4) is 5.75 Å². The van der Waals surface area contributed by atoms with Gasteiger partial charge in [0, 0.05) is 50.0 Å². The van der Waals surface area contributed by atoms with Gasteiger partial charge in [-0.25, -0.2) is 4.98 Å². The lowest BCUT2D eigenvalue weighted by Gasteiger charge is -2.37. The number of ether oxygens (including phenoxy) is 1. The second-order valence-corrected chi connectivity index (χ2v) is 7.70. The Kier molecular flexibility index (Phi) is 5.48. The van der Waals surface area contributed by atoms with Crippen molar-refractivity contribution in [1.82, 2.24) is 15.2 Å². The van der Waals surface area contributed by atoms with E-state index in [1.54, 1.807) is 13.3 Å². The zero-order chi connectivity index (χ0) is 19.5. The standard InChI is InChI=1S/C22H28N4O2/c1-16-8-11-25(15-16)21-13-17(7-9-24-21)22(27)26-12-10-23-14-19(26)18-5-3-4-6-20(18)28-2/h3-7,9,13,16,19,23H,8,10-12,14-15H2,1-2H3. The average Bonchev–Trinajstić information content (AvgIpc) is 3.19. The first-order chi connectivity index (χ1) is 13.7. The summed E-state index contributed by atoms with van der Waals surface area (Å²) in [6.45, 7) is 6.44. The summed E-state index contributed by atoms with van der Waals surface area (Å²) in [4.78, 5) is 22.2. The highest BCUT2D eigenvalue weighted by Gasteiger charge is 2.31. The van der Waals surface area contributed by atoms with Gasteiger partial charge in [-0.15, -0.1) is 0 Å². The van der Waals surface area contributed by atoms with Gasteiger partial charge in [0.15, 0.2) is 0 Å². The largest absolute Gasteiger partial charge is 0.496 e. The van der Waals surface area contributed by atoms with E-state index in [4.69, 9.17) is 4.74 Å². The molecule has 6 nitrogen and oxygen atoms in total. The minimum absolute atomic E-state index is 0.0494. The lowest BCUT2D eigenvalue weighted by atomic mass is 10.0. The van der Waals surface area contributed by atoms with Gasteiger partial charge in [-0.2, -0.15) is 0 Å². The normalized spacial score (nSPS) is 22.4. The van der Waals surface area contributed by atoms with Crippen molar-refractivity contribution in [1.29, 1.82) is 0 Å². The molecule has 2 aromatic rings. The maximum absolute atomic E-state index is 13.4. The highest BCUT2D eigenvalue weighted by molar-refractivity contribution is 5.95. The molecule has 1 N–H and O–H groups in total. The molecule has 2 saturated heterocycles. The SMILES string of the molecule is COc1ccccc1C1CNCCN1C(=O)c1ccnc(N2CCC(C)C2)c1. The van der Waals surface area contributed by atoms with Gasteiger partial charge >= 0.3 is 0 Å². The van der Waals surface area contributed by atoms with Crippen LogP contribution in [0, 0.1) is 5.92 Å². The van der Waals surface area contributed by atoms with Crippen LogP contribution in [0.5, 0.6) is 5.75 Å². The van der Waals surface area contributed by atoms with Gasteiger partial charge in [0.2, 0.25) is 0 Å². The molecule has 1 aromatic carbocycles. The number of anilines is 1. The number of hydrogen-bond donors (Lipinski definition) is 1. The minimum Gasteiger partial charge on any atom is -0.496 e. The van der Waals surface area contributed by atoms with Crippen LogP contribution in [0.3, 0.4) is 0 Å². The van der Waals surface area contributed by atoms with Gasteiger partial charge in [-0.05, 0) is 30.5 Å². The fourth-order valence-corrected chi connectivity index (χ4v) is 4.20. The zero-order valence-corrected chi connectivity index (χ0v) is 16.6. The molecular weight excluding hydrogens is 352 g/mol. The molecule has 6 heteroatoms. The molecule has 0 radical (unpaired) electrons. The number of hydrogen-bond acceptors (Lipinski definition) is 5. The lowest BCUT2D eigenvalue weighted by molar-refractivity contribution is 0.0631. The summed E-state index contributed by atoms with van der Waals surface area (Å²) in [5.41, 5.74) is 1.74. The third-order valence-corrected chi connectivity index (χ3v) is 5.74. The molecule has 2 atom stereocenters. The zero-order valence-electron chi connectivity index (χ0n) is 16.6. The van der Waals surface area contributed by atoms with Crippen molar-refractivity contribution in [3.63, 3.8) is 0 Å². The van der Waals surface area contributed by atoms with Crippen LogP contribution in [0.15, 0.2) is 42.6 Å². The Morgan fingerprint density at radius 2 is 2.11 bits per heavy atom. The smallest absolute Gasteiger partial charge is 0.254 e. The van der Waals surface area contributed by atoms with Gasteiger partial charge in [-0.3, -0.25) is 4.79 Å². The average molecular weight is 380 g/mol. The topological polar surface area (TPSA) is 57.7 Å². The van der Waals surface area contributed by atoms with Gasteiger partial charge in [0.25, 0.3) is 5.91 Å². The number of piperazine rings is 1. The van der Waals surface area contributed by atoms with Crippen LogP contribution in [-0.2, 0) is 0 Å². The predicted molar refractivity (Wildman–Crippen MR) is 110 cm³/mol. The number of amides is 1. The molecule has 2 unspecified atom stereocenters. The predicted octanol–water partition coefficient (Wildman–Crippen LogP) is 2.72. The highest BCUT2D eigenvalue weighted by atomic mass is 16.5. The summed E-state index contributed by atoms with van der Waals surface area (Å²) in [5.74, 6) is 2.44. The van der Waals surface area contributed by atoms with E-state index >= 15 is 0 Å². The summed E-state index contributed by atoms with van der Waals surface area (Å²) in [7, 11) is 1.67. The quantitative estimate of drug-likeness (QED) is 0.884. The summed E-state index contributed by atoms with van der Waals surface area (Å²) >= 11 is 0. The number of para-hydroxylation sites is 1. The second-order valence-electron chi connectivity index (χ2n) is 7.70. The molecule has 2 aliphatic heterocycles. The third kappa shape index (κ3) is 3.69. The Bertz CT molecular complexity index is 841. The monoisotopic (exact) mass is 380 g/mol. The summed E-state index contributed by atoms with van der Waals surface area (Å²) in [5, 5.41) is 3.41. The van der Waals surface area contributed by atoms with Crippen molar-refractivity contribution in [2.24, 2.45) is 5.92 Å². The second kappa shape index (κ2) is 8.19. The Labute approximate surface area is 166 Å². The molecule has 3 heterocycles. The van der Waals surface area contributed by atoms with E-state index in [2.05, 4.69) is 22.1 Å². The molecule has 2 aliphatic rings. The number of nitrogens with one attached hydrogen (secondary N) is 1. The molecule has 0 aliphatic carbocycles. The van der Waals surface area contributed by atoms with Gasteiger partial charge in [0.1, 0.15) is 11.6 Å². The van der Waals surface area contributed by atoms with Crippen LogP contribution in [0.4, 0.5) is 5.82 Å². The molecule has 0 bridgehead atoms. The highest BCUT2D eigenvalue weighted by Crippen LogP contribution is 2.31. The molecule has 148 valence electrons. The van der Waals surface area contributed by atoms with Crippen molar-refractivity contribution in [3.05, 3.63) is 53.7 Å². The van der Waals surface area contributed by atoms with Crippen LogP contribution < -0.4 is 15.0 Å². The van der Waals surface area contributed by atoms with E-state index in [0.717, 1.165) is 36.8 Å². The Morgan fingerprint density at radius 3 is 2.89 bits per heavy atom. The first-order valence-corrected chi connectivity index (χ1v) is 10.0. The van der Waals surface area contributed by atoms with E-state index in [-0.39, 0.29) is 11.9 Å². The number of carbonyl (C=O) groups excluding carboxylic acids is 1. The number of pyridine rings is 1. The molecule has 1 amide bonds. The van der Waals surface area contributed by atoms with Crippen molar-refractivity contribution < 1.29 is 9.53 Å². The third-order valence-electron chi connectivity index (χ3n) is 5.74. The molecule has 0 saturated carbocycles. The van der Waals surface area contributed by atoms with Gasteiger partial charge in [0.05, 0.1) is 13.2 Å². The number of nitrogens with zero attached hydrogens (tertiary/aromatic N) is 3. The van der Waals surface area contributed by atoms with Crippen molar-refractivity contribution >= 4 is 11.7 Å². The van der Waals surface area contributed by atoms with Crippen LogP contribution in [0.2, 0.25) is 0 Å². The fraction of sp³-hybridized carbons (Fsp3) is 0.455. The number of rotatable bonds is 4. The Balaban J connectivity index is 1.60. The lowest BCUT2D eigenvalue weighted by Crippen LogP contribution is -2.48. The summed E-state index contributed by atoms with van der Waals surface area (Å²) < 4.78 is 5.55. The molecule has 2 fully saturated rings. The number of aromatic nitrogens is 1.